The topological polar surface area (TPSA) is 48.4 Å². The summed E-state index contributed by atoms with van der Waals surface area (Å²) < 4.78 is 39.0. The molecule has 0 spiro atoms. The molecule has 1 aromatic carbocycles. The Morgan fingerprint density at radius 3 is 1.75 bits per heavy atom. The van der Waals surface area contributed by atoms with E-state index < -0.39 is 7.25 Å². The number of hydrogen-bond acceptors (Lipinski definition) is 2. The lowest BCUT2D eigenvalue weighted by atomic mass is 10.1. The lowest BCUT2D eigenvalue weighted by Gasteiger charge is -1.94. The molecular formula is C8H9BF4N2O. The van der Waals surface area contributed by atoms with Gasteiger partial charge in [0.05, 0.1) is 6.61 Å². The van der Waals surface area contributed by atoms with Crippen molar-refractivity contribution in [2.24, 2.45) is 0 Å². The number of rotatable bonds is 2. The Morgan fingerprint density at radius 1 is 1.06 bits per heavy atom. The summed E-state index contributed by atoms with van der Waals surface area (Å²) in [4.78, 5) is 3.00. The summed E-state index contributed by atoms with van der Waals surface area (Å²) in [6.07, 6.45) is 0. The van der Waals surface area contributed by atoms with Crippen molar-refractivity contribution in [3.63, 3.8) is 0 Å². The highest BCUT2D eigenvalue weighted by molar-refractivity contribution is 6.50. The van der Waals surface area contributed by atoms with Gasteiger partial charge >= 0.3 is 13.8 Å². The second kappa shape index (κ2) is 6.79. The minimum atomic E-state index is -6.00. The highest BCUT2D eigenvalue weighted by Gasteiger charge is 2.20. The Labute approximate surface area is 89.4 Å². The van der Waals surface area contributed by atoms with Crippen LogP contribution in [0.4, 0.5) is 17.3 Å². The van der Waals surface area contributed by atoms with Gasteiger partial charge in [0.1, 0.15) is 4.98 Å². The Balaban J connectivity index is 0.000000385. The summed E-state index contributed by atoms with van der Waals surface area (Å²) in [6.45, 7) is 0.363. The molecular weight excluding hydrogens is 227 g/mol. The van der Waals surface area contributed by atoms with E-state index in [2.05, 4.69) is 4.98 Å². The SMILES string of the molecule is F[B-](F)(F)F.N#[N+]Cc1ccc(CO)cc1. The van der Waals surface area contributed by atoms with E-state index in [1.54, 1.807) is 12.1 Å². The van der Waals surface area contributed by atoms with Crippen LogP contribution in [0.1, 0.15) is 11.1 Å². The van der Waals surface area contributed by atoms with Crippen molar-refractivity contribution < 1.29 is 22.4 Å². The van der Waals surface area contributed by atoms with Crippen LogP contribution in [-0.2, 0) is 13.2 Å². The van der Waals surface area contributed by atoms with Crippen molar-refractivity contribution in [1.29, 1.82) is 5.39 Å². The molecule has 0 atom stereocenters. The van der Waals surface area contributed by atoms with Gasteiger partial charge in [-0.2, -0.15) is 0 Å². The number of aliphatic hydroxyl groups is 1. The average Bonchev–Trinajstić information content (AvgIpc) is 2.17. The molecule has 0 radical (unpaired) electrons. The van der Waals surface area contributed by atoms with Crippen LogP contribution in [0.3, 0.4) is 0 Å². The van der Waals surface area contributed by atoms with Gasteiger partial charge in [-0.25, -0.2) is 0 Å². The molecule has 1 rings (SSSR count). The quantitative estimate of drug-likeness (QED) is 0.487. The molecule has 0 aliphatic heterocycles. The number of aliphatic hydroxyl groups excluding tert-OH is 1. The Kier molecular flexibility index (Phi) is 6.11. The molecule has 0 unspecified atom stereocenters. The van der Waals surface area contributed by atoms with E-state index in [9.17, 15) is 17.3 Å². The standard InChI is InChI=1S/C8H9N2O.BF4/c9-10-5-7-1-3-8(6-11)4-2-7;2-1(3,4)5/h1-4,11H,5-6H2;/q+1;-1. The maximum Gasteiger partial charge on any atom is 0.673 e. The zero-order chi connectivity index (χ0) is 12.6. The van der Waals surface area contributed by atoms with Crippen LogP contribution in [-0.4, -0.2) is 12.4 Å². The fourth-order valence-corrected chi connectivity index (χ4v) is 0.832. The Bertz CT molecular complexity index is 341. The predicted octanol–water partition coefficient (Wildman–Crippen LogP) is 2.83. The van der Waals surface area contributed by atoms with E-state index in [1.807, 2.05) is 12.1 Å². The molecule has 16 heavy (non-hydrogen) atoms. The molecule has 0 bridgehead atoms. The number of halogens is 4. The van der Waals surface area contributed by atoms with E-state index >= 15 is 0 Å². The van der Waals surface area contributed by atoms with E-state index in [1.165, 1.54) is 0 Å². The highest BCUT2D eigenvalue weighted by atomic mass is 19.5. The second-order valence-electron chi connectivity index (χ2n) is 2.77. The predicted molar refractivity (Wildman–Crippen MR) is 51.3 cm³/mol. The van der Waals surface area contributed by atoms with Crippen molar-refractivity contribution in [3.05, 3.63) is 40.4 Å². The van der Waals surface area contributed by atoms with Gasteiger partial charge < -0.3 is 22.4 Å². The van der Waals surface area contributed by atoms with Crippen molar-refractivity contribution in [3.8, 4) is 0 Å². The maximum atomic E-state index is 9.75. The van der Waals surface area contributed by atoms with E-state index in [0.29, 0.717) is 6.54 Å². The Hall–Kier alpha value is -1.62. The van der Waals surface area contributed by atoms with Gasteiger partial charge in [-0.05, 0) is 5.56 Å². The van der Waals surface area contributed by atoms with Gasteiger partial charge in [0.15, 0.2) is 0 Å². The van der Waals surface area contributed by atoms with E-state index in [0.717, 1.165) is 11.1 Å². The minimum absolute atomic E-state index is 0.0521. The maximum absolute atomic E-state index is 9.75. The van der Waals surface area contributed by atoms with Crippen molar-refractivity contribution in [2.75, 3.05) is 0 Å². The summed E-state index contributed by atoms with van der Waals surface area (Å²) in [5.74, 6) is 0. The fourth-order valence-electron chi connectivity index (χ4n) is 0.832. The second-order valence-corrected chi connectivity index (χ2v) is 2.77. The summed E-state index contributed by atoms with van der Waals surface area (Å²) in [5, 5.41) is 16.9. The number of diazo groups is 1. The Morgan fingerprint density at radius 2 is 1.44 bits per heavy atom. The van der Waals surface area contributed by atoms with Gasteiger partial charge in [0.2, 0.25) is 5.39 Å². The van der Waals surface area contributed by atoms with Crippen LogP contribution in [0.5, 0.6) is 0 Å². The zero-order valence-corrected chi connectivity index (χ0v) is 8.15. The molecule has 8 heteroatoms. The largest absolute Gasteiger partial charge is 0.673 e. The molecule has 0 fully saturated rings. The van der Waals surface area contributed by atoms with Crippen LogP contribution in [0.25, 0.3) is 4.98 Å². The van der Waals surface area contributed by atoms with Gasteiger partial charge in [-0.3, -0.25) is 0 Å². The first-order valence-corrected chi connectivity index (χ1v) is 4.23. The molecule has 0 amide bonds. The number of benzene rings is 1. The molecule has 0 aliphatic rings. The summed E-state index contributed by atoms with van der Waals surface area (Å²) in [5.41, 5.74) is 1.80. The molecule has 0 heterocycles. The van der Waals surface area contributed by atoms with E-state index in [-0.39, 0.29) is 6.61 Å². The fraction of sp³-hybridized carbons (Fsp3) is 0.250. The van der Waals surface area contributed by atoms with Crippen molar-refractivity contribution >= 4 is 7.25 Å². The van der Waals surface area contributed by atoms with Gasteiger partial charge in [-0.1, -0.05) is 24.3 Å². The average molecular weight is 236 g/mol. The van der Waals surface area contributed by atoms with Crippen LogP contribution in [0.2, 0.25) is 0 Å². The van der Waals surface area contributed by atoms with Crippen LogP contribution in [0.15, 0.2) is 24.3 Å². The van der Waals surface area contributed by atoms with Gasteiger partial charge in [-0.15, -0.1) is 0 Å². The molecule has 88 valence electrons. The monoisotopic (exact) mass is 236 g/mol. The molecule has 0 saturated heterocycles. The number of nitrogens with zero attached hydrogens (tertiary/aromatic N) is 2. The minimum Gasteiger partial charge on any atom is -0.418 e. The van der Waals surface area contributed by atoms with Gasteiger partial charge in [0, 0.05) is 5.56 Å². The molecule has 1 N–H and O–H groups in total. The third-order valence-corrected chi connectivity index (χ3v) is 1.46. The zero-order valence-electron chi connectivity index (χ0n) is 8.15. The summed E-state index contributed by atoms with van der Waals surface area (Å²) in [6, 6.07) is 7.26. The summed E-state index contributed by atoms with van der Waals surface area (Å²) >= 11 is 0. The van der Waals surface area contributed by atoms with Gasteiger partial charge in [0.25, 0.3) is 0 Å². The molecule has 3 nitrogen and oxygen atoms in total. The third-order valence-electron chi connectivity index (χ3n) is 1.46. The molecule has 0 saturated carbocycles. The number of hydrogen-bond donors (Lipinski definition) is 1. The first-order valence-electron chi connectivity index (χ1n) is 4.23. The van der Waals surface area contributed by atoms with Crippen LogP contribution >= 0.6 is 0 Å². The lowest BCUT2D eigenvalue weighted by Crippen LogP contribution is -2.02. The van der Waals surface area contributed by atoms with Crippen LogP contribution < -0.4 is 0 Å². The smallest absolute Gasteiger partial charge is 0.418 e. The first-order chi connectivity index (χ1) is 7.36. The molecule has 1 aromatic rings. The van der Waals surface area contributed by atoms with Crippen LogP contribution in [0, 0.1) is 5.39 Å². The first kappa shape index (κ1) is 14.4. The third kappa shape index (κ3) is 8.96. The highest BCUT2D eigenvalue weighted by Crippen LogP contribution is 2.06. The van der Waals surface area contributed by atoms with E-state index in [4.69, 9.17) is 10.5 Å². The van der Waals surface area contributed by atoms with Crippen molar-refractivity contribution in [1.82, 2.24) is 0 Å². The molecule has 0 aromatic heterocycles. The molecule has 0 aliphatic carbocycles. The normalized spacial score (nSPS) is 10.0. The van der Waals surface area contributed by atoms with Crippen molar-refractivity contribution in [2.45, 2.75) is 13.2 Å². The lowest BCUT2D eigenvalue weighted by molar-refractivity contribution is 0.282. The summed E-state index contributed by atoms with van der Waals surface area (Å²) in [7, 11) is -6.00.